The molecular formula is C80H147NO8. The number of unbranched alkanes of at least 4 members (excludes halogenated alkanes) is 47. The quantitative estimate of drug-likeness (QED) is 0.0195. The monoisotopic (exact) mass is 1250 g/mol. The molecule has 0 aromatic heterocycles. The van der Waals surface area contributed by atoms with E-state index in [0.29, 0.717) is 23.9 Å². The van der Waals surface area contributed by atoms with Crippen molar-refractivity contribution in [2.45, 2.75) is 386 Å². The van der Waals surface area contributed by atoms with Crippen molar-refractivity contribution in [2.24, 2.45) is 0 Å². The summed E-state index contributed by atoms with van der Waals surface area (Å²) in [6, 6.07) is 0. The Morgan fingerprint density at radius 1 is 0.337 bits per heavy atom. The van der Waals surface area contributed by atoms with E-state index in [9.17, 15) is 19.5 Å². The van der Waals surface area contributed by atoms with Crippen LogP contribution in [0.2, 0.25) is 0 Å². The molecule has 0 spiro atoms. The van der Waals surface area contributed by atoms with Crippen LogP contribution < -0.4 is 5.11 Å². The van der Waals surface area contributed by atoms with Crippen molar-refractivity contribution in [1.29, 1.82) is 0 Å². The first-order valence-electron chi connectivity index (χ1n) is 38.4. The molecule has 0 aromatic rings. The smallest absolute Gasteiger partial charge is 0.306 e. The number of rotatable bonds is 72. The topological polar surface area (TPSA) is 111 Å². The van der Waals surface area contributed by atoms with Gasteiger partial charge in [-0.1, -0.05) is 338 Å². The molecule has 2 atom stereocenters. The lowest BCUT2D eigenvalue weighted by Gasteiger charge is -2.26. The highest BCUT2D eigenvalue weighted by Gasteiger charge is 2.22. The van der Waals surface area contributed by atoms with Gasteiger partial charge in [0.25, 0.3) is 0 Å². The predicted molar refractivity (Wildman–Crippen MR) is 380 cm³/mol. The van der Waals surface area contributed by atoms with Crippen LogP contribution in [-0.2, 0) is 33.3 Å². The summed E-state index contributed by atoms with van der Waals surface area (Å²) in [6.45, 7) is 4.79. The maximum Gasteiger partial charge on any atom is 0.306 e. The highest BCUT2D eigenvalue weighted by atomic mass is 16.7. The maximum atomic E-state index is 13.0. The van der Waals surface area contributed by atoms with Crippen molar-refractivity contribution < 1.29 is 42.9 Å². The van der Waals surface area contributed by atoms with Gasteiger partial charge in [-0.15, -0.1) is 0 Å². The molecular weight excluding hydrogens is 1100 g/mol. The van der Waals surface area contributed by atoms with Crippen LogP contribution in [-0.4, -0.2) is 82.3 Å². The number of carbonyl (C=O) groups excluding carboxylic acids is 3. The van der Waals surface area contributed by atoms with Crippen molar-refractivity contribution in [1.82, 2.24) is 0 Å². The summed E-state index contributed by atoms with van der Waals surface area (Å²) in [5, 5.41) is 11.8. The summed E-state index contributed by atoms with van der Waals surface area (Å²) in [7, 11) is 5.95. The second kappa shape index (κ2) is 70.9. The summed E-state index contributed by atoms with van der Waals surface area (Å²) < 4.78 is 22.9. The van der Waals surface area contributed by atoms with E-state index >= 15 is 0 Å². The van der Waals surface area contributed by atoms with Gasteiger partial charge in [0.15, 0.2) is 12.4 Å². The number of nitrogens with zero attached hydrogens (tertiary/aromatic N) is 1. The van der Waals surface area contributed by atoms with Crippen LogP contribution in [0.5, 0.6) is 0 Å². The summed E-state index contributed by atoms with van der Waals surface area (Å²) in [5.41, 5.74) is 0. The Labute approximate surface area is 552 Å². The van der Waals surface area contributed by atoms with E-state index in [2.05, 4.69) is 74.6 Å². The number of carboxylic acid groups (broad SMARTS) is 1. The van der Waals surface area contributed by atoms with E-state index in [1.165, 1.54) is 289 Å². The Balaban J connectivity index is 4.02. The van der Waals surface area contributed by atoms with Crippen molar-refractivity contribution in [2.75, 3.05) is 47.5 Å². The Kier molecular flexibility index (Phi) is 68.5. The highest BCUT2D eigenvalue weighted by Crippen LogP contribution is 2.19. The number of hydrogen-bond donors (Lipinski definition) is 0. The number of hydrogen-bond acceptors (Lipinski definition) is 8. The third-order valence-corrected chi connectivity index (χ3v) is 17.2. The van der Waals surface area contributed by atoms with Gasteiger partial charge in [-0.2, -0.15) is 0 Å². The zero-order valence-electron chi connectivity index (χ0n) is 59.6. The van der Waals surface area contributed by atoms with Crippen LogP contribution in [0.25, 0.3) is 0 Å². The molecule has 0 rings (SSSR count). The number of carbonyl (C=O) groups is 3. The first-order valence-corrected chi connectivity index (χ1v) is 38.4. The lowest BCUT2D eigenvalue weighted by Crippen LogP contribution is -2.44. The lowest BCUT2D eigenvalue weighted by atomic mass is 10.0. The van der Waals surface area contributed by atoms with Crippen LogP contribution in [0.1, 0.15) is 373 Å². The van der Waals surface area contributed by atoms with Gasteiger partial charge >= 0.3 is 11.9 Å². The Morgan fingerprint density at radius 2 is 0.607 bits per heavy atom. The van der Waals surface area contributed by atoms with Crippen LogP contribution in [0.15, 0.2) is 60.8 Å². The summed E-state index contributed by atoms with van der Waals surface area (Å²) in [6.07, 6.45) is 90.4. The van der Waals surface area contributed by atoms with E-state index in [-0.39, 0.29) is 32.2 Å². The van der Waals surface area contributed by atoms with Gasteiger partial charge in [0.2, 0.25) is 0 Å². The van der Waals surface area contributed by atoms with Gasteiger partial charge in [-0.3, -0.25) is 9.59 Å². The van der Waals surface area contributed by atoms with Gasteiger partial charge in [-0.05, 0) is 83.5 Å². The second-order valence-corrected chi connectivity index (χ2v) is 27.3. The fourth-order valence-corrected chi connectivity index (χ4v) is 11.3. The first-order chi connectivity index (χ1) is 43.6. The average molecular weight is 1250 g/mol. The molecule has 0 saturated carbocycles. The van der Waals surface area contributed by atoms with Crippen LogP contribution in [0, 0.1) is 0 Å². The molecule has 0 fully saturated rings. The molecule has 2 unspecified atom stereocenters. The zero-order valence-corrected chi connectivity index (χ0v) is 59.6. The molecule has 0 radical (unpaired) electrons. The predicted octanol–water partition coefficient (Wildman–Crippen LogP) is 22.9. The Hall–Kier alpha value is -3.01. The van der Waals surface area contributed by atoms with Gasteiger partial charge in [0, 0.05) is 12.8 Å². The molecule has 0 N–H and O–H groups in total. The number of likely N-dealkylation sites (N-methyl/N-ethyl adjacent to an activating group) is 1. The fraction of sp³-hybridized carbons (Fsp3) is 0.838. The molecule has 9 heteroatoms. The molecule has 0 heterocycles. The molecule has 0 aliphatic heterocycles. The first kappa shape index (κ1) is 86.0. The molecule has 0 aliphatic carbocycles. The maximum absolute atomic E-state index is 13.0. The Bertz CT molecular complexity index is 1650. The molecule has 0 saturated heterocycles. The minimum atomic E-state index is -1.62. The van der Waals surface area contributed by atoms with Crippen molar-refractivity contribution in [3.8, 4) is 0 Å². The van der Waals surface area contributed by atoms with E-state index < -0.39 is 24.3 Å². The van der Waals surface area contributed by atoms with Gasteiger partial charge in [0.05, 0.1) is 40.3 Å². The normalized spacial score (nSPS) is 13.0. The van der Waals surface area contributed by atoms with Crippen LogP contribution in [0.4, 0.5) is 0 Å². The molecule has 0 aromatic carbocycles. The number of ether oxygens (including phenoxy) is 4. The van der Waals surface area contributed by atoms with E-state index in [4.69, 9.17) is 18.9 Å². The largest absolute Gasteiger partial charge is 0.545 e. The van der Waals surface area contributed by atoms with Crippen molar-refractivity contribution >= 4 is 17.9 Å². The number of allylic oxidation sites excluding steroid dienone is 10. The third-order valence-electron chi connectivity index (χ3n) is 17.2. The molecule has 0 amide bonds. The Morgan fingerprint density at radius 3 is 0.899 bits per heavy atom. The molecule has 9 nitrogen and oxygen atoms in total. The minimum Gasteiger partial charge on any atom is -0.545 e. The minimum absolute atomic E-state index is 0.149. The summed E-state index contributed by atoms with van der Waals surface area (Å²) >= 11 is 0. The molecule has 520 valence electrons. The van der Waals surface area contributed by atoms with Crippen molar-refractivity contribution in [3.05, 3.63) is 60.8 Å². The van der Waals surface area contributed by atoms with Crippen LogP contribution >= 0.6 is 0 Å². The summed E-state index contributed by atoms with van der Waals surface area (Å²) in [4.78, 5) is 37.6. The summed E-state index contributed by atoms with van der Waals surface area (Å²) in [5.74, 6) is -2.26. The van der Waals surface area contributed by atoms with Crippen LogP contribution in [0.3, 0.4) is 0 Å². The SMILES string of the molecule is CCCCCCC/C=C\C/C=C\C/C=C\CCCCCCCCCCCCCCCCCCC(=O)OC(COC(=O)CCCCCCCCCCCCCCCCCCCCCCC/C=C\C/C=C\CCCCCCC)COC(OCC[N+](C)(C)C)C(=O)[O-]. The van der Waals surface area contributed by atoms with Gasteiger partial charge in [-0.25, -0.2) is 0 Å². The molecule has 0 aliphatic rings. The third kappa shape index (κ3) is 72.3. The van der Waals surface area contributed by atoms with Crippen molar-refractivity contribution in [3.63, 3.8) is 0 Å². The van der Waals surface area contributed by atoms with E-state index in [0.717, 1.165) is 51.4 Å². The molecule has 89 heavy (non-hydrogen) atoms. The number of carboxylic acids is 1. The fourth-order valence-electron chi connectivity index (χ4n) is 11.3. The van der Waals surface area contributed by atoms with Gasteiger partial charge < -0.3 is 33.3 Å². The second-order valence-electron chi connectivity index (χ2n) is 27.3. The standard InChI is InChI=1S/C80H147NO8/c1-6-8-10-12-14-16-18-20-22-24-26-28-30-32-34-36-38-39-41-42-44-46-48-50-52-54-56-58-60-62-64-66-68-70-77(82)87-74-76(75-88-80(79(84)85)86-73-72-81(3,4)5)89-78(83)71-69-67-65-63-61-59-57-55-53-51-49-47-45-43-40-37-35-33-31-29-27-25-23-21-19-17-15-13-11-9-7-2/h18-21,24-27,31,33,76,80H,6-17,22-23,28-30,32,34-75H2,1-5H3/b20-18-,21-19-,26-24-,27-25-,33-31-. The average Bonchev–Trinajstić information content (AvgIpc) is 3.64. The van der Waals surface area contributed by atoms with E-state index in [1.807, 2.05) is 21.1 Å². The number of esters is 2. The molecule has 0 bridgehead atoms. The number of quaternary nitrogens is 1. The number of aliphatic carboxylic acids is 1. The zero-order chi connectivity index (χ0) is 64.7. The van der Waals surface area contributed by atoms with E-state index in [1.54, 1.807) is 0 Å². The highest BCUT2D eigenvalue weighted by molar-refractivity contribution is 5.70. The van der Waals surface area contributed by atoms with Gasteiger partial charge in [0.1, 0.15) is 13.2 Å². The lowest BCUT2D eigenvalue weighted by molar-refractivity contribution is -0.870.